The maximum atomic E-state index is 12.0. The number of methoxy groups -OCH3 is 1. The van der Waals surface area contributed by atoms with Crippen molar-refractivity contribution in [2.75, 3.05) is 7.11 Å². The van der Waals surface area contributed by atoms with Crippen molar-refractivity contribution in [3.63, 3.8) is 0 Å². The summed E-state index contributed by atoms with van der Waals surface area (Å²) in [6, 6.07) is 7.22. The lowest BCUT2D eigenvalue weighted by molar-refractivity contribution is -0.122. The number of aromatic carboxylic acids is 1. The van der Waals surface area contributed by atoms with Gasteiger partial charge in [-0.3, -0.25) is 9.48 Å². The van der Waals surface area contributed by atoms with Crippen LogP contribution in [0.4, 0.5) is 0 Å². The van der Waals surface area contributed by atoms with E-state index in [9.17, 15) is 9.59 Å². The van der Waals surface area contributed by atoms with Crippen molar-refractivity contribution in [1.82, 2.24) is 15.1 Å². The van der Waals surface area contributed by atoms with E-state index >= 15 is 0 Å². The van der Waals surface area contributed by atoms with Gasteiger partial charge in [-0.15, -0.1) is 0 Å². The smallest absolute Gasteiger partial charge is 0.338 e. The van der Waals surface area contributed by atoms with E-state index in [0.717, 1.165) is 11.3 Å². The van der Waals surface area contributed by atoms with Gasteiger partial charge in [-0.05, 0) is 24.6 Å². The Morgan fingerprint density at radius 1 is 1.45 bits per heavy atom. The molecule has 0 spiro atoms. The maximum absolute atomic E-state index is 12.0. The molecule has 1 amide bonds. The lowest BCUT2D eigenvalue weighted by Gasteiger charge is -2.15. The van der Waals surface area contributed by atoms with Crippen molar-refractivity contribution in [3.8, 4) is 5.75 Å². The summed E-state index contributed by atoms with van der Waals surface area (Å²) >= 11 is 0. The van der Waals surface area contributed by atoms with Gasteiger partial charge in [0.2, 0.25) is 5.91 Å². The summed E-state index contributed by atoms with van der Waals surface area (Å²) in [6.07, 6.45) is 2.53. The van der Waals surface area contributed by atoms with Gasteiger partial charge in [0, 0.05) is 6.20 Å². The number of carboxylic acids is 1. The van der Waals surface area contributed by atoms with Gasteiger partial charge in [-0.1, -0.05) is 12.1 Å². The molecule has 116 valence electrons. The number of ether oxygens (including phenoxy) is 1. The summed E-state index contributed by atoms with van der Waals surface area (Å²) in [5, 5.41) is 15.5. The lowest BCUT2D eigenvalue weighted by Crippen LogP contribution is -2.30. The topological polar surface area (TPSA) is 93.5 Å². The van der Waals surface area contributed by atoms with E-state index in [2.05, 4.69) is 10.4 Å². The SMILES string of the molecule is COc1cccc(C(C)NC(=O)Cn2cc(C(=O)O)cn2)c1. The molecular weight excluding hydrogens is 286 g/mol. The van der Waals surface area contributed by atoms with Crippen LogP contribution in [0.1, 0.15) is 28.9 Å². The predicted octanol–water partition coefficient (Wildman–Crippen LogP) is 1.47. The Kier molecular flexibility index (Phi) is 4.77. The molecule has 1 heterocycles. The third kappa shape index (κ3) is 3.85. The van der Waals surface area contributed by atoms with Crippen LogP contribution in [0.3, 0.4) is 0 Å². The second kappa shape index (κ2) is 6.75. The van der Waals surface area contributed by atoms with E-state index < -0.39 is 5.97 Å². The highest BCUT2D eigenvalue weighted by Gasteiger charge is 2.12. The summed E-state index contributed by atoms with van der Waals surface area (Å²) in [4.78, 5) is 22.7. The van der Waals surface area contributed by atoms with Crippen molar-refractivity contribution < 1.29 is 19.4 Å². The molecule has 7 nitrogen and oxygen atoms in total. The minimum absolute atomic E-state index is 0.0401. The highest BCUT2D eigenvalue weighted by molar-refractivity contribution is 5.87. The Labute approximate surface area is 127 Å². The number of amides is 1. The van der Waals surface area contributed by atoms with Crippen LogP contribution in [-0.2, 0) is 11.3 Å². The Morgan fingerprint density at radius 2 is 2.23 bits per heavy atom. The van der Waals surface area contributed by atoms with Crippen LogP contribution in [0.15, 0.2) is 36.7 Å². The summed E-state index contributed by atoms with van der Waals surface area (Å²) in [5.74, 6) is -0.608. The number of nitrogens with zero attached hydrogens (tertiary/aromatic N) is 2. The van der Waals surface area contributed by atoms with Gasteiger partial charge in [-0.25, -0.2) is 4.79 Å². The number of hydrogen-bond acceptors (Lipinski definition) is 4. The van der Waals surface area contributed by atoms with Crippen molar-refractivity contribution in [2.24, 2.45) is 0 Å². The van der Waals surface area contributed by atoms with Crippen LogP contribution in [0.5, 0.6) is 5.75 Å². The number of carbonyl (C=O) groups excluding carboxylic acids is 1. The number of aromatic nitrogens is 2. The molecule has 0 fully saturated rings. The van der Waals surface area contributed by atoms with Crippen molar-refractivity contribution in [2.45, 2.75) is 19.5 Å². The molecule has 2 rings (SSSR count). The Bertz CT molecular complexity index is 681. The molecule has 0 bridgehead atoms. The first kappa shape index (κ1) is 15.6. The number of rotatable bonds is 6. The number of hydrogen-bond donors (Lipinski definition) is 2. The second-order valence-electron chi connectivity index (χ2n) is 4.80. The van der Waals surface area contributed by atoms with Crippen molar-refractivity contribution in [1.29, 1.82) is 0 Å². The fourth-order valence-electron chi connectivity index (χ4n) is 1.99. The van der Waals surface area contributed by atoms with Crippen LogP contribution in [-0.4, -0.2) is 33.9 Å². The first-order chi connectivity index (χ1) is 10.5. The number of nitrogens with one attached hydrogen (secondary N) is 1. The quantitative estimate of drug-likeness (QED) is 0.843. The van der Waals surface area contributed by atoms with Crippen molar-refractivity contribution in [3.05, 3.63) is 47.8 Å². The average molecular weight is 303 g/mol. The van der Waals surface area contributed by atoms with Gasteiger partial charge in [0.25, 0.3) is 0 Å². The third-order valence-electron chi connectivity index (χ3n) is 3.16. The van der Waals surface area contributed by atoms with Gasteiger partial charge in [0.05, 0.1) is 24.9 Å². The van der Waals surface area contributed by atoms with Crippen LogP contribution in [0, 0.1) is 0 Å². The molecule has 0 saturated heterocycles. The summed E-state index contributed by atoms with van der Waals surface area (Å²) in [7, 11) is 1.58. The van der Waals surface area contributed by atoms with Gasteiger partial charge in [0.1, 0.15) is 12.3 Å². The van der Waals surface area contributed by atoms with Crippen molar-refractivity contribution >= 4 is 11.9 Å². The molecular formula is C15H17N3O4. The number of carboxylic acid groups (broad SMARTS) is 1. The first-order valence-electron chi connectivity index (χ1n) is 6.68. The zero-order valence-electron chi connectivity index (χ0n) is 12.3. The van der Waals surface area contributed by atoms with Gasteiger partial charge < -0.3 is 15.2 Å². The standard InChI is InChI=1S/C15H17N3O4/c1-10(11-4-3-5-13(6-11)22-2)17-14(19)9-18-8-12(7-16-18)15(20)21/h3-8,10H,9H2,1-2H3,(H,17,19)(H,20,21). The fourth-order valence-corrected chi connectivity index (χ4v) is 1.99. The fraction of sp³-hybridized carbons (Fsp3) is 0.267. The summed E-state index contributed by atoms with van der Waals surface area (Å²) in [6.45, 7) is 1.82. The van der Waals surface area contributed by atoms with E-state index in [1.54, 1.807) is 7.11 Å². The molecule has 0 radical (unpaired) electrons. The molecule has 1 unspecified atom stereocenters. The van der Waals surface area contributed by atoms with Crippen LogP contribution in [0.2, 0.25) is 0 Å². The average Bonchev–Trinajstić information content (AvgIpc) is 2.95. The molecule has 1 aromatic carbocycles. The lowest BCUT2D eigenvalue weighted by atomic mass is 10.1. The summed E-state index contributed by atoms with van der Waals surface area (Å²) in [5.41, 5.74) is 0.966. The molecule has 1 atom stereocenters. The molecule has 7 heteroatoms. The van der Waals surface area contributed by atoms with E-state index in [1.165, 1.54) is 17.1 Å². The first-order valence-corrected chi connectivity index (χ1v) is 6.68. The van der Waals surface area contributed by atoms with Crippen LogP contribution in [0.25, 0.3) is 0 Å². The largest absolute Gasteiger partial charge is 0.497 e. The maximum Gasteiger partial charge on any atom is 0.338 e. The van der Waals surface area contributed by atoms with E-state index in [-0.39, 0.29) is 24.1 Å². The molecule has 0 aliphatic rings. The highest BCUT2D eigenvalue weighted by atomic mass is 16.5. The van der Waals surface area contributed by atoms with Gasteiger partial charge >= 0.3 is 5.97 Å². The van der Waals surface area contributed by atoms with E-state index in [4.69, 9.17) is 9.84 Å². The zero-order valence-corrected chi connectivity index (χ0v) is 12.3. The minimum Gasteiger partial charge on any atom is -0.497 e. The molecule has 0 aliphatic carbocycles. The van der Waals surface area contributed by atoms with E-state index in [1.807, 2.05) is 31.2 Å². The minimum atomic E-state index is -1.07. The number of carbonyl (C=O) groups is 2. The van der Waals surface area contributed by atoms with Gasteiger partial charge in [-0.2, -0.15) is 5.10 Å². The molecule has 0 saturated carbocycles. The van der Waals surface area contributed by atoms with E-state index in [0.29, 0.717) is 0 Å². The monoisotopic (exact) mass is 303 g/mol. The van der Waals surface area contributed by atoms with Gasteiger partial charge in [0.15, 0.2) is 0 Å². The van der Waals surface area contributed by atoms with Crippen LogP contribution >= 0.6 is 0 Å². The normalized spacial score (nSPS) is 11.7. The predicted molar refractivity (Wildman–Crippen MR) is 78.7 cm³/mol. The van der Waals surface area contributed by atoms with Crippen LogP contribution < -0.4 is 10.1 Å². The molecule has 2 N–H and O–H groups in total. The summed E-state index contributed by atoms with van der Waals surface area (Å²) < 4.78 is 6.44. The third-order valence-corrected chi connectivity index (χ3v) is 3.16. The number of benzene rings is 1. The zero-order chi connectivity index (χ0) is 16.1. The Hall–Kier alpha value is -2.83. The second-order valence-corrected chi connectivity index (χ2v) is 4.80. The molecule has 22 heavy (non-hydrogen) atoms. The Morgan fingerprint density at radius 3 is 2.86 bits per heavy atom. The molecule has 2 aromatic rings. The Balaban J connectivity index is 1.96. The molecule has 0 aliphatic heterocycles. The molecule has 1 aromatic heterocycles. The highest BCUT2D eigenvalue weighted by Crippen LogP contribution is 2.18.